The van der Waals surface area contributed by atoms with Crippen molar-refractivity contribution in [1.29, 1.82) is 0 Å². The summed E-state index contributed by atoms with van der Waals surface area (Å²) in [6.45, 7) is 4.56. The van der Waals surface area contributed by atoms with Crippen LogP contribution in [0.25, 0.3) is 11.1 Å². The Balaban J connectivity index is 2.32. The molecule has 0 saturated heterocycles. The Hall–Kier alpha value is -1.56. The Morgan fingerprint density at radius 3 is 2.50 bits per heavy atom. The van der Waals surface area contributed by atoms with Crippen LogP contribution >= 0.6 is 0 Å². The van der Waals surface area contributed by atoms with Gasteiger partial charge in [0.2, 0.25) is 0 Å². The molecule has 2 aromatic rings. The maximum absolute atomic E-state index is 2.32. The number of rotatable bonds is 1. The van der Waals surface area contributed by atoms with Crippen LogP contribution in [-0.2, 0) is 6.42 Å². The highest BCUT2D eigenvalue weighted by molar-refractivity contribution is 5.79. The van der Waals surface area contributed by atoms with Crippen LogP contribution < -0.4 is 0 Å². The fourth-order valence-corrected chi connectivity index (χ4v) is 2.94. The monoisotopic (exact) mass is 208 g/mol. The molecule has 0 N–H and O–H groups in total. The van der Waals surface area contributed by atoms with Gasteiger partial charge < -0.3 is 0 Å². The first-order valence-electron chi connectivity index (χ1n) is 6.04. The summed E-state index contributed by atoms with van der Waals surface area (Å²) >= 11 is 0. The molecule has 0 spiro atoms. The van der Waals surface area contributed by atoms with Crippen molar-refractivity contribution in [2.24, 2.45) is 0 Å². The van der Waals surface area contributed by atoms with E-state index in [1.165, 1.54) is 22.3 Å². The van der Waals surface area contributed by atoms with E-state index in [2.05, 4.69) is 56.3 Å². The minimum atomic E-state index is 0.558. The minimum absolute atomic E-state index is 0.558. The summed E-state index contributed by atoms with van der Waals surface area (Å²) in [7, 11) is 0. The van der Waals surface area contributed by atoms with Crippen LogP contribution in [0.2, 0.25) is 0 Å². The number of hydrogen-bond acceptors (Lipinski definition) is 0. The standard InChI is InChI=1S/C16H16/c1-3-12-7-6-10-15-14-9-5-4-8-13(14)11(2)16(12)15/h4-11H,3H2,1-2H3. The quantitative estimate of drug-likeness (QED) is 0.652. The molecule has 0 nitrogen and oxygen atoms in total. The molecule has 1 atom stereocenters. The van der Waals surface area contributed by atoms with Crippen LogP contribution in [0.5, 0.6) is 0 Å². The maximum Gasteiger partial charge on any atom is 0.00760 e. The summed E-state index contributed by atoms with van der Waals surface area (Å²) in [6.07, 6.45) is 1.13. The zero-order valence-electron chi connectivity index (χ0n) is 9.83. The van der Waals surface area contributed by atoms with Gasteiger partial charge in [-0.25, -0.2) is 0 Å². The van der Waals surface area contributed by atoms with Gasteiger partial charge in [0, 0.05) is 5.92 Å². The first-order chi connectivity index (χ1) is 7.83. The molecule has 1 aliphatic rings. The summed E-state index contributed by atoms with van der Waals surface area (Å²) in [5, 5.41) is 0. The van der Waals surface area contributed by atoms with Crippen molar-refractivity contribution in [1.82, 2.24) is 0 Å². The highest BCUT2D eigenvalue weighted by Gasteiger charge is 2.26. The second kappa shape index (κ2) is 3.48. The lowest BCUT2D eigenvalue weighted by Crippen LogP contribution is -1.95. The predicted octanol–water partition coefficient (Wildman–Crippen LogP) is 4.38. The summed E-state index contributed by atoms with van der Waals surface area (Å²) in [4.78, 5) is 0. The van der Waals surface area contributed by atoms with Crippen molar-refractivity contribution in [2.45, 2.75) is 26.2 Å². The molecule has 0 fully saturated rings. The molecular formula is C16H16. The zero-order chi connectivity index (χ0) is 11.1. The third-order valence-electron chi connectivity index (χ3n) is 3.73. The van der Waals surface area contributed by atoms with E-state index in [0.29, 0.717) is 5.92 Å². The van der Waals surface area contributed by atoms with Crippen molar-refractivity contribution in [3.63, 3.8) is 0 Å². The van der Waals surface area contributed by atoms with Gasteiger partial charge in [0.05, 0.1) is 0 Å². The Bertz CT molecular complexity index is 537. The van der Waals surface area contributed by atoms with E-state index in [9.17, 15) is 0 Å². The smallest absolute Gasteiger partial charge is 0.00760 e. The molecule has 3 rings (SSSR count). The van der Waals surface area contributed by atoms with Gasteiger partial charge in [-0.2, -0.15) is 0 Å². The molecule has 16 heavy (non-hydrogen) atoms. The SMILES string of the molecule is CCc1cccc2c1C(C)c1ccccc1-2. The Morgan fingerprint density at radius 1 is 0.938 bits per heavy atom. The third-order valence-corrected chi connectivity index (χ3v) is 3.73. The predicted molar refractivity (Wildman–Crippen MR) is 68.8 cm³/mol. The Kier molecular flexibility index (Phi) is 2.10. The molecule has 2 aromatic carbocycles. The van der Waals surface area contributed by atoms with E-state index in [-0.39, 0.29) is 0 Å². The van der Waals surface area contributed by atoms with Crippen LogP contribution in [-0.4, -0.2) is 0 Å². The largest absolute Gasteiger partial charge is 0.0619 e. The van der Waals surface area contributed by atoms with E-state index in [0.717, 1.165) is 6.42 Å². The van der Waals surface area contributed by atoms with E-state index in [1.807, 2.05) is 0 Å². The fraction of sp³-hybridized carbons (Fsp3) is 0.250. The van der Waals surface area contributed by atoms with E-state index < -0.39 is 0 Å². The normalized spacial score (nSPS) is 17.0. The maximum atomic E-state index is 2.32. The van der Waals surface area contributed by atoms with E-state index in [4.69, 9.17) is 0 Å². The molecule has 1 unspecified atom stereocenters. The summed E-state index contributed by atoms with van der Waals surface area (Å²) < 4.78 is 0. The van der Waals surface area contributed by atoms with Crippen molar-refractivity contribution < 1.29 is 0 Å². The Labute approximate surface area is 96.9 Å². The van der Waals surface area contributed by atoms with E-state index in [1.54, 1.807) is 5.56 Å². The van der Waals surface area contributed by atoms with Crippen molar-refractivity contribution >= 4 is 0 Å². The average molecular weight is 208 g/mol. The number of fused-ring (bicyclic) bond motifs is 3. The Morgan fingerprint density at radius 2 is 1.69 bits per heavy atom. The molecule has 0 aromatic heterocycles. The fourth-order valence-electron chi connectivity index (χ4n) is 2.94. The number of benzene rings is 2. The summed E-state index contributed by atoms with van der Waals surface area (Å²) in [5.74, 6) is 0.558. The zero-order valence-corrected chi connectivity index (χ0v) is 9.83. The highest BCUT2D eigenvalue weighted by atomic mass is 14.3. The topological polar surface area (TPSA) is 0 Å². The van der Waals surface area contributed by atoms with Crippen molar-refractivity contribution in [2.75, 3.05) is 0 Å². The van der Waals surface area contributed by atoms with Gasteiger partial charge in [-0.1, -0.05) is 56.3 Å². The molecule has 0 aliphatic heterocycles. The van der Waals surface area contributed by atoms with Crippen molar-refractivity contribution in [3.8, 4) is 11.1 Å². The first kappa shape index (κ1) is 9.65. The van der Waals surface area contributed by atoms with Gasteiger partial charge in [-0.05, 0) is 34.2 Å². The lowest BCUT2D eigenvalue weighted by molar-refractivity contribution is 0.924. The minimum Gasteiger partial charge on any atom is -0.0619 e. The second-order valence-electron chi connectivity index (χ2n) is 4.54. The second-order valence-corrected chi connectivity index (χ2v) is 4.54. The highest BCUT2D eigenvalue weighted by Crippen LogP contribution is 2.45. The average Bonchev–Trinajstić information content (AvgIpc) is 2.64. The van der Waals surface area contributed by atoms with Gasteiger partial charge in [0.25, 0.3) is 0 Å². The molecule has 0 amide bonds. The first-order valence-corrected chi connectivity index (χ1v) is 6.04. The van der Waals surface area contributed by atoms with Gasteiger partial charge in [-0.3, -0.25) is 0 Å². The molecule has 80 valence electrons. The van der Waals surface area contributed by atoms with E-state index >= 15 is 0 Å². The molecule has 0 bridgehead atoms. The molecule has 0 heteroatoms. The van der Waals surface area contributed by atoms with Gasteiger partial charge >= 0.3 is 0 Å². The molecule has 0 radical (unpaired) electrons. The number of aryl methyl sites for hydroxylation is 1. The summed E-state index contributed by atoms with van der Waals surface area (Å²) in [6, 6.07) is 15.5. The van der Waals surface area contributed by atoms with Crippen LogP contribution in [0, 0.1) is 0 Å². The molecule has 0 heterocycles. The lowest BCUT2D eigenvalue weighted by atomic mass is 9.93. The lowest BCUT2D eigenvalue weighted by Gasteiger charge is -2.11. The molecular weight excluding hydrogens is 192 g/mol. The van der Waals surface area contributed by atoms with Crippen LogP contribution in [0.15, 0.2) is 42.5 Å². The third kappa shape index (κ3) is 1.16. The number of hydrogen-bond donors (Lipinski definition) is 0. The van der Waals surface area contributed by atoms with Gasteiger partial charge in [0.15, 0.2) is 0 Å². The van der Waals surface area contributed by atoms with Crippen LogP contribution in [0.4, 0.5) is 0 Å². The van der Waals surface area contributed by atoms with Gasteiger partial charge in [0.1, 0.15) is 0 Å². The summed E-state index contributed by atoms with van der Waals surface area (Å²) in [5.41, 5.74) is 7.41. The van der Waals surface area contributed by atoms with Crippen LogP contribution in [0.3, 0.4) is 0 Å². The van der Waals surface area contributed by atoms with Crippen LogP contribution in [0.1, 0.15) is 36.5 Å². The molecule has 0 saturated carbocycles. The van der Waals surface area contributed by atoms with Crippen molar-refractivity contribution in [3.05, 3.63) is 59.2 Å². The molecule has 1 aliphatic carbocycles. The van der Waals surface area contributed by atoms with Gasteiger partial charge in [-0.15, -0.1) is 0 Å².